The van der Waals surface area contributed by atoms with Crippen LogP contribution in [0.4, 0.5) is 0 Å². The Morgan fingerprint density at radius 1 is 0.917 bits per heavy atom. The van der Waals surface area contributed by atoms with Crippen LogP contribution in [-0.4, -0.2) is 18.1 Å². The Bertz CT molecular complexity index is 448. The summed E-state index contributed by atoms with van der Waals surface area (Å²) in [7, 11) is 0. The Morgan fingerprint density at radius 2 is 1.42 bits per heavy atom. The van der Waals surface area contributed by atoms with Gasteiger partial charge in [0.1, 0.15) is 5.75 Å². The van der Waals surface area contributed by atoms with Gasteiger partial charge in [-0.1, -0.05) is 76.0 Å². The fourth-order valence-corrected chi connectivity index (χ4v) is 3.38. The van der Waals surface area contributed by atoms with Crippen LogP contribution in [0.3, 0.4) is 0 Å². The molecule has 1 saturated carbocycles. The van der Waals surface area contributed by atoms with E-state index in [-0.39, 0.29) is 5.91 Å². The Balaban J connectivity index is 1.79. The molecule has 0 saturated heterocycles. The molecule has 24 heavy (non-hydrogen) atoms. The van der Waals surface area contributed by atoms with Crippen molar-refractivity contribution < 1.29 is 9.53 Å². The van der Waals surface area contributed by atoms with Gasteiger partial charge in [0, 0.05) is 6.04 Å². The van der Waals surface area contributed by atoms with E-state index in [1.165, 1.54) is 57.8 Å². The van der Waals surface area contributed by atoms with Gasteiger partial charge >= 0.3 is 0 Å². The first-order chi connectivity index (χ1) is 11.8. The van der Waals surface area contributed by atoms with Crippen molar-refractivity contribution in [2.45, 2.75) is 89.7 Å². The summed E-state index contributed by atoms with van der Waals surface area (Å²) in [5.41, 5.74) is 0. The van der Waals surface area contributed by atoms with Crippen molar-refractivity contribution in [2.24, 2.45) is 0 Å². The van der Waals surface area contributed by atoms with Crippen LogP contribution in [0.2, 0.25) is 0 Å². The van der Waals surface area contributed by atoms with E-state index in [1.54, 1.807) is 0 Å². The first kappa shape index (κ1) is 18.8. The predicted octanol–water partition coefficient (Wildman–Crippen LogP) is 5.24. The maximum Gasteiger partial charge on any atom is 0.260 e. The maximum absolute atomic E-state index is 12.5. The third kappa shape index (κ3) is 7.37. The molecule has 1 aliphatic rings. The number of nitrogens with one attached hydrogen (secondary N) is 1. The molecular formula is C21H33NO2. The van der Waals surface area contributed by atoms with Gasteiger partial charge in [0.15, 0.2) is 6.10 Å². The molecule has 0 aromatic heterocycles. The fourth-order valence-electron chi connectivity index (χ4n) is 3.38. The van der Waals surface area contributed by atoms with E-state index in [1.807, 2.05) is 37.3 Å². The van der Waals surface area contributed by atoms with Crippen molar-refractivity contribution in [3.63, 3.8) is 0 Å². The number of carbonyl (C=O) groups excluding carboxylic acids is 1. The first-order valence-electron chi connectivity index (χ1n) is 9.78. The standard InChI is InChI=1S/C21H33NO2/c1-18(24-20-16-12-9-13-17-20)21(23)22-19-14-10-7-5-3-2-4-6-8-11-15-19/h9,12-13,16-19H,2-8,10-11,14-15H2,1H3,(H,22,23)/t18-/m1/s1. The van der Waals surface area contributed by atoms with Crippen molar-refractivity contribution in [1.29, 1.82) is 0 Å². The fraction of sp³-hybridized carbons (Fsp3) is 0.667. The van der Waals surface area contributed by atoms with E-state index < -0.39 is 6.10 Å². The smallest absolute Gasteiger partial charge is 0.260 e. The summed E-state index contributed by atoms with van der Waals surface area (Å²) in [6.45, 7) is 1.83. The first-order valence-corrected chi connectivity index (χ1v) is 9.78. The zero-order chi connectivity index (χ0) is 17.0. The molecule has 0 unspecified atom stereocenters. The highest BCUT2D eigenvalue weighted by molar-refractivity contribution is 5.81. The summed E-state index contributed by atoms with van der Waals surface area (Å²) in [5.74, 6) is 0.759. The SMILES string of the molecule is C[C@@H](Oc1ccccc1)C(=O)NC1CCCCCCCCCCC1. The molecular weight excluding hydrogens is 298 g/mol. The van der Waals surface area contributed by atoms with Gasteiger partial charge in [-0.25, -0.2) is 0 Å². The molecule has 3 heteroatoms. The van der Waals surface area contributed by atoms with Crippen molar-refractivity contribution >= 4 is 5.91 Å². The van der Waals surface area contributed by atoms with Crippen molar-refractivity contribution in [1.82, 2.24) is 5.32 Å². The molecule has 1 amide bonds. The number of rotatable bonds is 4. The quantitative estimate of drug-likeness (QED) is 0.819. The van der Waals surface area contributed by atoms with E-state index in [4.69, 9.17) is 4.74 Å². The van der Waals surface area contributed by atoms with Crippen molar-refractivity contribution in [2.75, 3.05) is 0 Å². The highest BCUT2D eigenvalue weighted by Crippen LogP contribution is 2.17. The molecule has 3 nitrogen and oxygen atoms in total. The lowest BCUT2D eigenvalue weighted by Gasteiger charge is -2.22. The minimum Gasteiger partial charge on any atom is -0.481 e. The molecule has 1 aromatic carbocycles. The molecule has 1 fully saturated rings. The number of para-hydroxylation sites is 1. The van der Waals surface area contributed by atoms with Gasteiger partial charge in [0.25, 0.3) is 5.91 Å². The minimum absolute atomic E-state index is 0.0101. The maximum atomic E-state index is 12.5. The molecule has 1 aliphatic carbocycles. The second-order valence-corrected chi connectivity index (χ2v) is 7.04. The van der Waals surface area contributed by atoms with Crippen LogP contribution in [0.5, 0.6) is 5.75 Å². The molecule has 0 spiro atoms. The second kappa shape index (κ2) is 11.1. The molecule has 1 N–H and O–H groups in total. The highest BCUT2D eigenvalue weighted by Gasteiger charge is 2.19. The lowest BCUT2D eigenvalue weighted by molar-refractivity contribution is -0.128. The number of amides is 1. The van der Waals surface area contributed by atoms with E-state index in [0.29, 0.717) is 6.04 Å². The van der Waals surface area contributed by atoms with Gasteiger partial charge in [0.05, 0.1) is 0 Å². The Labute approximate surface area is 147 Å². The Kier molecular flexibility index (Phi) is 8.72. The number of benzene rings is 1. The largest absolute Gasteiger partial charge is 0.481 e. The van der Waals surface area contributed by atoms with Crippen molar-refractivity contribution in [3.05, 3.63) is 30.3 Å². The van der Waals surface area contributed by atoms with Crippen molar-refractivity contribution in [3.8, 4) is 5.75 Å². The number of ether oxygens (including phenoxy) is 1. The number of hydrogen-bond acceptors (Lipinski definition) is 2. The molecule has 0 aliphatic heterocycles. The average molecular weight is 332 g/mol. The normalized spacial score (nSPS) is 19.5. The third-order valence-corrected chi connectivity index (χ3v) is 4.88. The summed E-state index contributed by atoms with van der Waals surface area (Å²) in [4.78, 5) is 12.5. The van der Waals surface area contributed by atoms with E-state index in [2.05, 4.69) is 5.32 Å². The molecule has 0 heterocycles. The minimum atomic E-state index is -0.450. The summed E-state index contributed by atoms with van der Waals surface area (Å²) in [6, 6.07) is 9.88. The monoisotopic (exact) mass is 331 g/mol. The van der Waals surface area contributed by atoms with Crippen LogP contribution in [0.25, 0.3) is 0 Å². The third-order valence-electron chi connectivity index (χ3n) is 4.88. The van der Waals surface area contributed by atoms with Gasteiger partial charge in [-0.15, -0.1) is 0 Å². The number of carbonyl (C=O) groups is 1. The van der Waals surface area contributed by atoms with Crippen LogP contribution in [0.1, 0.15) is 77.6 Å². The average Bonchev–Trinajstić information content (AvgIpc) is 2.58. The second-order valence-electron chi connectivity index (χ2n) is 7.04. The zero-order valence-corrected chi connectivity index (χ0v) is 15.1. The summed E-state index contributed by atoms with van der Waals surface area (Å²) in [6.07, 6.45) is 13.6. The van der Waals surface area contributed by atoms with Gasteiger partial charge in [-0.2, -0.15) is 0 Å². The molecule has 1 aromatic rings. The summed E-state index contributed by atoms with van der Waals surface area (Å²) < 4.78 is 5.74. The Morgan fingerprint density at radius 3 is 1.96 bits per heavy atom. The molecule has 134 valence electrons. The molecule has 2 rings (SSSR count). The van der Waals surface area contributed by atoms with Crippen LogP contribution < -0.4 is 10.1 Å². The summed E-state index contributed by atoms with van der Waals surface area (Å²) >= 11 is 0. The molecule has 0 radical (unpaired) electrons. The van der Waals surface area contributed by atoms with Gasteiger partial charge in [-0.05, 0) is 31.9 Å². The van der Waals surface area contributed by atoms with E-state index >= 15 is 0 Å². The lowest BCUT2D eigenvalue weighted by atomic mass is 9.98. The van der Waals surface area contributed by atoms with Gasteiger partial charge in [-0.3, -0.25) is 4.79 Å². The van der Waals surface area contributed by atoms with Crippen LogP contribution >= 0.6 is 0 Å². The molecule has 1 atom stereocenters. The van der Waals surface area contributed by atoms with Crippen LogP contribution in [0.15, 0.2) is 30.3 Å². The predicted molar refractivity (Wildman–Crippen MR) is 99.2 cm³/mol. The topological polar surface area (TPSA) is 38.3 Å². The van der Waals surface area contributed by atoms with E-state index in [9.17, 15) is 4.79 Å². The number of hydrogen-bond donors (Lipinski definition) is 1. The van der Waals surface area contributed by atoms with E-state index in [0.717, 1.165) is 18.6 Å². The summed E-state index contributed by atoms with van der Waals surface area (Å²) in [5, 5.41) is 3.23. The van der Waals surface area contributed by atoms with Gasteiger partial charge in [0.2, 0.25) is 0 Å². The Hall–Kier alpha value is -1.51. The highest BCUT2D eigenvalue weighted by atomic mass is 16.5. The van der Waals surface area contributed by atoms with Gasteiger partial charge < -0.3 is 10.1 Å². The van der Waals surface area contributed by atoms with Crippen LogP contribution in [0, 0.1) is 0 Å². The molecule has 0 bridgehead atoms. The lowest BCUT2D eigenvalue weighted by Crippen LogP contribution is -2.42. The zero-order valence-electron chi connectivity index (χ0n) is 15.1. The van der Waals surface area contributed by atoms with Crippen LogP contribution in [-0.2, 0) is 4.79 Å².